The average molecular weight is 232 g/mol. The number of hydrogen-bond donors (Lipinski definition) is 3. The van der Waals surface area contributed by atoms with Gasteiger partial charge >= 0.3 is 5.97 Å². The van der Waals surface area contributed by atoms with Crippen LogP contribution in [0.5, 0.6) is 0 Å². The molecule has 0 saturated heterocycles. The third-order valence-electron chi connectivity index (χ3n) is 1.92. The molecule has 1 unspecified atom stereocenters. The molecule has 0 spiro atoms. The number of esters is 1. The van der Waals surface area contributed by atoms with Crippen LogP contribution in [0.2, 0.25) is 0 Å². The monoisotopic (exact) mass is 232 g/mol. The summed E-state index contributed by atoms with van der Waals surface area (Å²) in [5.41, 5.74) is 3.14. The Morgan fingerprint density at radius 3 is 2.44 bits per heavy atom. The largest absolute Gasteiger partial charge is 0.462 e. The van der Waals surface area contributed by atoms with Gasteiger partial charge < -0.3 is 20.9 Å². The molecule has 0 aromatic heterocycles. The molecule has 1 atom stereocenters. The molecule has 6 nitrogen and oxygen atoms in total. The lowest BCUT2D eigenvalue weighted by Gasteiger charge is -2.26. The van der Waals surface area contributed by atoms with Gasteiger partial charge in [-0.2, -0.15) is 0 Å². The van der Waals surface area contributed by atoms with Crippen LogP contribution in [0.3, 0.4) is 0 Å². The molecule has 0 aliphatic rings. The van der Waals surface area contributed by atoms with Gasteiger partial charge in [-0.15, -0.1) is 0 Å². The van der Waals surface area contributed by atoms with E-state index in [4.69, 9.17) is 10.5 Å². The highest BCUT2D eigenvalue weighted by Gasteiger charge is 2.38. The van der Waals surface area contributed by atoms with Crippen molar-refractivity contribution >= 4 is 11.9 Å². The molecule has 4 N–H and O–H groups in total. The molecule has 0 fully saturated rings. The predicted octanol–water partition coefficient (Wildman–Crippen LogP) is -0.497. The van der Waals surface area contributed by atoms with Gasteiger partial charge in [-0.1, -0.05) is 20.3 Å². The van der Waals surface area contributed by atoms with Crippen molar-refractivity contribution in [1.29, 1.82) is 0 Å². The van der Waals surface area contributed by atoms with Crippen molar-refractivity contribution in [3.63, 3.8) is 0 Å². The Morgan fingerprint density at radius 2 is 2.00 bits per heavy atom. The quantitative estimate of drug-likeness (QED) is 0.406. The first-order valence-corrected chi connectivity index (χ1v) is 5.40. The van der Waals surface area contributed by atoms with Gasteiger partial charge in [0.05, 0.1) is 13.2 Å². The van der Waals surface area contributed by atoms with Crippen molar-refractivity contribution in [1.82, 2.24) is 5.32 Å². The lowest BCUT2D eigenvalue weighted by atomic mass is 10.1. The van der Waals surface area contributed by atoms with Crippen molar-refractivity contribution < 1.29 is 19.4 Å². The van der Waals surface area contributed by atoms with E-state index in [-0.39, 0.29) is 19.6 Å². The lowest BCUT2D eigenvalue weighted by molar-refractivity contribution is -0.172. The fraction of sp³-hybridized carbons (Fsp3) is 0.800. The van der Waals surface area contributed by atoms with Crippen LogP contribution in [0.1, 0.15) is 33.1 Å². The van der Waals surface area contributed by atoms with Gasteiger partial charge in [0.2, 0.25) is 11.6 Å². The van der Waals surface area contributed by atoms with E-state index in [2.05, 4.69) is 5.32 Å². The highest BCUT2D eigenvalue weighted by atomic mass is 16.6. The standard InChI is InChI=1S/C10H20N2O4/c1-3-5-10(15,12-8(13)7-11)9(14)16-6-4-2/h15H,3-7,11H2,1-2H3,(H,12,13). The Bertz CT molecular complexity index is 245. The van der Waals surface area contributed by atoms with Crippen LogP contribution >= 0.6 is 0 Å². The minimum Gasteiger partial charge on any atom is -0.462 e. The van der Waals surface area contributed by atoms with E-state index in [1.54, 1.807) is 6.92 Å². The number of nitrogens with one attached hydrogen (secondary N) is 1. The molecular weight excluding hydrogens is 212 g/mol. The summed E-state index contributed by atoms with van der Waals surface area (Å²) < 4.78 is 4.81. The third-order valence-corrected chi connectivity index (χ3v) is 1.92. The molecule has 0 aromatic rings. The second-order valence-corrected chi connectivity index (χ2v) is 3.50. The van der Waals surface area contributed by atoms with Crippen LogP contribution in [0.25, 0.3) is 0 Å². The SMILES string of the molecule is CCCOC(=O)C(O)(CCC)NC(=O)CN. The second-order valence-electron chi connectivity index (χ2n) is 3.50. The average Bonchev–Trinajstić information content (AvgIpc) is 2.25. The topological polar surface area (TPSA) is 102 Å². The van der Waals surface area contributed by atoms with E-state index >= 15 is 0 Å². The van der Waals surface area contributed by atoms with E-state index in [1.165, 1.54) is 0 Å². The van der Waals surface area contributed by atoms with Crippen molar-refractivity contribution in [2.75, 3.05) is 13.2 Å². The minimum absolute atomic E-state index is 0.0985. The number of aliphatic hydroxyl groups is 1. The first-order chi connectivity index (χ1) is 7.50. The molecule has 0 bridgehead atoms. The summed E-state index contributed by atoms with van der Waals surface area (Å²) in [4.78, 5) is 22.6. The molecule has 0 radical (unpaired) electrons. The zero-order valence-electron chi connectivity index (χ0n) is 9.78. The summed E-state index contributed by atoms with van der Waals surface area (Å²) in [6, 6.07) is 0. The first-order valence-electron chi connectivity index (χ1n) is 5.40. The van der Waals surface area contributed by atoms with E-state index < -0.39 is 17.6 Å². The molecule has 0 saturated carbocycles. The maximum absolute atomic E-state index is 11.5. The van der Waals surface area contributed by atoms with Crippen molar-refractivity contribution in [2.24, 2.45) is 5.73 Å². The fourth-order valence-corrected chi connectivity index (χ4v) is 1.17. The molecule has 94 valence electrons. The Labute approximate surface area is 95.1 Å². The Hall–Kier alpha value is -1.14. The second kappa shape index (κ2) is 7.19. The Balaban J connectivity index is 4.53. The predicted molar refractivity (Wildman–Crippen MR) is 58.3 cm³/mol. The molecule has 0 aromatic carbocycles. The number of rotatable bonds is 7. The minimum atomic E-state index is -1.96. The summed E-state index contributed by atoms with van der Waals surface area (Å²) in [6.45, 7) is 3.55. The zero-order valence-corrected chi connectivity index (χ0v) is 9.78. The summed E-state index contributed by atoms with van der Waals surface area (Å²) in [5.74, 6) is -1.43. The summed E-state index contributed by atoms with van der Waals surface area (Å²) in [7, 11) is 0. The highest BCUT2D eigenvalue weighted by molar-refractivity contribution is 5.87. The molecule has 6 heteroatoms. The van der Waals surface area contributed by atoms with E-state index in [9.17, 15) is 14.7 Å². The maximum atomic E-state index is 11.5. The van der Waals surface area contributed by atoms with Gasteiger partial charge in [0.25, 0.3) is 0 Å². The van der Waals surface area contributed by atoms with Crippen molar-refractivity contribution in [2.45, 2.75) is 38.8 Å². The first kappa shape index (κ1) is 14.9. The van der Waals surface area contributed by atoms with E-state index in [1.807, 2.05) is 6.92 Å². The van der Waals surface area contributed by atoms with Gasteiger partial charge in [0, 0.05) is 6.42 Å². The number of carbonyl (C=O) groups excluding carboxylic acids is 2. The highest BCUT2D eigenvalue weighted by Crippen LogP contribution is 2.11. The zero-order chi connectivity index (χ0) is 12.6. The van der Waals surface area contributed by atoms with Crippen LogP contribution in [0.15, 0.2) is 0 Å². The smallest absolute Gasteiger partial charge is 0.359 e. The molecule has 0 heterocycles. The molecular formula is C10H20N2O4. The molecule has 0 aliphatic carbocycles. The van der Waals surface area contributed by atoms with Gasteiger partial charge in [0.15, 0.2) is 0 Å². The fourth-order valence-electron chi connectivity index (χ4n) is 1.17. The molecule has 16 heavy (non-hydrogen) atoms. The van der Waals surface area contributed by atoms with Crippen LogP contribution in [-0.4, -0.2) is 35.9 Å². The summed E-state index contributed by atoms with van der Waals surface area (Å²) >= 11 is 0. The Morgan fingerprint density at radius 1 is 1.38 bits per heavy atom. The van der Waals surface area contributed by atoms with Gasteiger partial charge in [-0.25, -0.2) is 4.79 Å². The number of nitrogens with two attached hydrogens (primary N) is 1. The van der Waals surface area contributed by atoms with Gasteiger partial charge in [-0.05, 0) is 6.42 Å². The van der Waals surface area contributed by atoms with E-state index in [0.29, 0.717) is 12.8 Å². The molecule has 0 rings (SSSR count). The summed E-state index contributed by atoms with van der Waals surface area (Å²) in [5, 5.41) is 12.1. The van der Waals surface area contributed by atoms with Crippen LogP contribution in [0, 0.1) is 0 Å². The molecule has 1 amide bonds. The van der Waals surface area contributed by atoms with Gasteiger partial charge in [0.1, 0.15) is 0 Å². The van der Waals surface area contributed by atoms with Crippen LogP contribution in [0.4, 0.5) is 0 Å². The third kappa shape index (κ3) is 4.59. The molecule has 0 aliphatic heterocycles. The number of amides is 1. The Kier molecular flexibility index (Phi) is 6.67. The van der Waals surface area contributed by atoms with Crippen LogP contribution in [-0.2, 0) is 14.3 Å². The normalized spacial score (nSPS) is 14.0. The van der Waals surface area contributed by atoms with Gasteiger partial charge in [-0.3, -0.25) is 4.79 Å². The maximum Gasteiger partial charge on any atom is 0.359 e. The van der Waals surface area contributed by atoms with E-state index in [0.717, 1.165) is 0 Å². The van der Waals surface area contributed by atoms with Crippen molar-refractivity contribution in [3.8, 4) is 0 Å². The van der Waals surface area contributed by atoms with Crippen molar-refractivity contribution in [3.05, 3.63) is 0 Å². The number of hydrogen-bond acceptors (Lipinski definition) is 5. The van der Waals surface area contributed by atoms with Crippen LogP contribution < -0.4 is 11.1 Å². The number of ether oxygens (including phenoxy) is 1. The number of carbonyl (C=O) groups is 2. The summed E-state index contributed by atoms with van der Waals surface area (Å²) in [6.07, 6.45) is 1.28. The lowest BCUT2D eigenvalue weighted by Crippen LogP contribution is -2.56.